The monoisotopic (exact) mass is 346 g/mol. The van der Waals surface area contributed by atoms with Crippen LogP contribution in [0.5, 0.6) is 0 Å². The number of rotatable bonds is 7. The van der Waals surface area contributed by atoms with Gasteiger partial charge in [-0.3, -0.25) is 0 Å². The number of carbonyl (C=O) groups excluding carboxylic acids is 2. The minimum absolute atomic E-state index is 0.210. The van der Waals surface area contributed by atoms with Crippen molar-refractivity contribution in [3.63, 3.8) is 0 Å². The third-order valence-corrected chi connectivity index (χ3v) is 3.35. The summed E-state index contributed by atoms with van der Waals surface area (Å²) in [4.78, 5) is 25.7. The average molecular weight is 346 g/mol. The van der Waals surface area contributed by atoms with E-state index in [9.17, 15) is 9.59 Å². The quantitative estimate of drug-likeness (QED) is 0.659. The van der Waals surface area contributed by atoms with Crippen molar-refractivity contribution in [2.45, 2.75) is 91.6 Å². The lowest BCUT2D eigenvalue weighted by Gasteiger charge is -2.43. The average Bonchev–Trinajstić information content (AvgIpc) is 2.34. The van der Waals surface area contributed by atoms with Crippen LogP contribution in [0, 0.1) is 0 Å². The van der Waals surface area contributed by atoms with E-state index in [1.54, 1.807) is 55.4 Å². The summed E-state index contributed by atoms with van der Waals surface area (Å²) in [7, 11) is 0. The second-order valence-electron chi connectivity index (χ2n) is 7.94. The Balaban J connectivity index is 5.96. The van der Waals surface area contributed by atoms with Gasteiger partial charge in [-0.1, -0.05) is 0 Å². The molecule has 0 radical (unpaired) electrons. The summed E-state index contributed by atoms with van der Waals surface area (Å²) in [6.45, 7) is 17.4. The SMILES string of the molecule is CCOC(C)(C(=O)OC(C)(C)C)C(C)(OCC)C(=O)OC(C)(C)C. The predicted molar refractivity (Wildman–Crippen MR) is 91.8 cm³/mol. The van der Waals surface area contributed by atoms with E-state index in [-0.39, 0.29) is 13.2 Å². The summed E-state index contributed by atoms with van der Waals surface area (Å²) in [5.41, 5.74) is -4.74. The summed E-state index contributed by atoms with van der Waals surface area (Å²) in [6, 6.07) is 0. The molecule has 0 aromatic carbocycles. The molecule has 0 N–H and O–H groups in total. The van der Waals surface area contributed by atoms with Gasteiger partial charge in [0.15, 0.2) is 0 Å². The molecule has 24 heavy (non-hydrogen) atoms. The van der Waals surface area contributed by atoms with Crippen LogP contribution in [0.15, 0.2) is 0 Å². The van der Waals surface area contributed by atoms with Crippen molar-refractivity contribution < 1.29 is 28.5 Å². The van der Waals surface area contributed by atoms with Crippen LogP contribution in [0.25, 0.3) is 0 Å². The molecule has 0 heterocycles. The molecule has 142 valence electrons. The summed E-state index contributed by atoms with van der Waals surface area (Å²) in [5, 5.41) is 0. The molecule has 0 spiro atoms. The van der Waals surface area contributed by atoms with Crippen LogP contribution in [0.4, 0.5) is 0 Å². The predicted octanol–water partition coefficient (Wildman–Crippen LogP) is 3.26. The van der Waals surface area contributed by atoms with Crippen LogP contribution >= 0.6 is 0 Å². The maximum Gasteiger partial charge on any atom is 0.342 e. The Morgan fingerprint density at radius 1 is 0.625 bits per heavy atom. The molecule has 0 aromatic rings. The van der Waals surface area contributed by atoms with E-state index in [0.29, 0.717) is 0 Å². The molecule has 0 aliphatic rings. The number of hydrogen-bond donors (Lipinski definition) is 0. The molecule has 0 aliphatic heterocycles. The van der Waals surface area contributed by atoms with Gasteiger partial charge >= 0.3 is 11.9 Å². The van der Waals surface area contributed by atoms with Crippen molar-refractivity contribution in [3.8, 4) is 0 Å². The zero-order chi connectivity index (χ0) is 19.4. The molecule has 6 heteroatoms. The summed E-state index contributed by atoms with van der Waals surface area (Å²) >= 11 is 0. The number of esters is 2. The van der Waals surface area contributed by atoms with E-state index >= 15 is 0 Å². The van der Waals surface area contributed by atoms with Gasteiger partial charge in [-0.15, -0.1) is 0 Å². The molecule has 0 rings (SSSR count). The Morgan fingerprint density at radius 3 is 1.04 bits per heavy atom. The van der Waals surface area contributed by atoms with Crippen LogP contribution in [0.2, 0.25) is 0 Å². The number of ether oxygens (including phenoxy) is 4. The van der Waals surface area contributed by atoms with Gasteiger partial charge in [0.05, 0.1) is 0 Å². The Bertz CT molecular complexity index is 403. The third-order valence-electron chi connectivity index (χ3n) is 3.35. The summed E-state index contributed by atoms with van der Waals surface area (Å²) in [5.74, 6) is -1.34. The van der Waals surface area contributed by atoms with Gasteiger partial charge in [-0.05, 0) is 69.2 Å². The van der Waals surface area contributed by atoms with E-state index < -0.39 is 34.3 Å². The zero-order valence-corrected chi connectivity index (χ0v) is 16.9. The first-order valence-corrected chi connectivity index (χ1v) is 8.37. The number of carbonyl (C=O) groups is 2. The molecule has 0 fully saturated rings. The van der Waals surface area contributed by atoms with E-state index in [0.717, 1.165) is 0 Å². The fourth-order valence-corrected chi connectivity index (χ4v) is 2.11. The van der Waals surface area contributed by atoms with Crippen molar-refractivity contribution in [2.75, 3.05) is 13.2 Å². The Morgan fingerprint density at radius 2 is 0.875 bits per heavy atom. The van der Waals surface area contributed by atoms with E-state index in [1.165, 1.54) is 13.8 Å². The number of hydrogen-bond acceptors (Lipinski definition) is 6. The summed E-state index contributed by atoms with van der Waals surface area (Å²) < 4.78 is 22.3. The second-order valence-corrected chi connectivity index (χ2v) is 7.94. The first-order chi connectivity index (χ1) is 10.6. The molecule has 2 unspecified atom stereocenters. The maximum atomic E-state index is 12.8. The standard InChI is InChI=1S/C18H34O6/c1-11-21-17(9,13(19)23-15(3,4)5)18(10,22-12-2)14(20)24-16(6,7)8/h11-12H2,1-10H3. The second kappa shape index (κ2) is 7.83. The van der Waals surface area contributed by atoms with Crippen LogP contribution in [0.3, 0.4) is 0 Å². The van der Waals surface area contributed by atoms with Crippen molar-refractivity contribution in [2.24, 2.45) is 0 Å². The van der Waals surface area contributed by atoms with Crippen molar-refractivity contribution >= 4 is 11.9 Å². The minimum Gasteiger partial charge on any atom is -0.458 e. The van der Waals surface area contributed by atoms with E-state index in [2.05, 4.69) is 0 Å². The van der Waals surface area contributed by atoms with Crippen LogP contribution in [0.1, 0.15) is 69.2 Å². The molecule has 0 saturated carbocycles. The van der Waals surface area contributed by atoms with Gasteiger partial charge in [0.2, 0.25) is 11.2 Å². The molecule has 6 nitrogen and oxygen atoms in total. The van der Waals surface area contributed by atoms with Gasteiger partial charge in [-0.25, -0.2) is 9.59 Å². The van der Waals surface area contributed by atoms with Crippen LogP contribution < -0.4 is 0 Å². The highest BCUT2D eigenvalue weighted by atomic mass is 16.6. The van der Waals surface area contributed by atoms with Crippen LogP contribution in [-0.2, 0) is 28.5 Å². The maximum absolute atomic E-state index is 12.8. The lowest BCUT2D eigenvalue weighted by molar-refractivity contribution is -0.236. The Labute approximate surface area is 146 Å². The molecule has 0 bridgehead atoms. The zero-order valence-electron chi connectivity index (χ0n) is 16.9. The van der Waals surface area contributed by atoms with Crippen molar-refractivity contribution in [3.05, 3.63) is 0 Å². The molecule has 0 saturated heterocycles. The normalized spacial score (nSPS) is 17.6. The highest BCUT2D eigenvalue weighted by Gasteiger charge is 2.60. The van der Waals surface area contributed by atoms with Gasteiger partial charge < -0.3 is 18.9 Å². The lowest BCUT2D eigenvalue weighted by Crippen LogP contribution is -2.65. The van der Waals surface area contributed by atoms with Gasteiger partial charge in [0.25, 0.3) is 0 Å². The van der Waals surface area contributed by atoms with Gasteiger partial charge in [0, 0.05) is 13.2 Å². The summed E-state index contributed by atoms with van der Waals surface area (Å²) in [6.07, 6.45) is 0. The third kappa shape index (κ3) is 5.74. The fourth-order valence-electron chi connectivity index (χ4n) is 2.11. The Hall–Kier alpha value is -1.14. The molecule has 0 aromatic heterocycles. The smallest absolute Gasteiger partial charge is 0.342 e. The molecule has 0 amide bonds. The topological polar surface area (TPSA) is 71.1 Å². The van der Waals surface area contributed by atoms with Crippen molar-refractivity contribution in [1.29, 1.82) is 0 Å². The van der Waals surface area contributed by atoms with Gasteiger partial charge in [-0.2, -0.15) is 0 Å². The first kappa shape index (κ1) is 22.9. The van der Waals surface area contributed by atoms with Gasteiger partial charge in [0.1, 0.15) is 11.2 Å². The molecular weight excluding hydrogens is 312 g/mol. The lowest BCUT2D eigenvalue weighted by atomic mass is 9.84. The largest absolute Gasteiger partial charge is 0.458 e. The fraction of sp³-hybridized carbons (Fsp3) is 0.889. The molecule has 0 aliphatic carbocycles. The highest BCUT2D eigenvalue weighted by Crippen LogP contribution is 2.35. The highest BCUT2D eigenvalue weighted by molar-refractivity contribution is 5.92. The first-order valence-electron chi connectivity index (χ1n) is 8.37. The van der Waals surface area contributed by atoms with Crippen molar-refractivity contribution in [1.82, 2.24) is 0 Å². The molecule has 2 atom stereocenters. The Kier molecular flexibility index (Phi) is 7.46. The molecular formula is C18H34O6. The van der Waals surface area contributed by atoms with E-state index in [1.807, 2.05) is 0 Å². The minimum atomic E-state index is -1.65. The van der Waals surface area contributed by atoms with E-state index in [4.69, 9.17) is 18.9 Å². The van der Waals surface area contributed by atoms with Crippen LogP contribution in [-0.4, -0.2) is 47.6 Å².